The maximum atomic E-state index is 12.7. The Morgan fingerprint density at radius 2 is 2.07 bits per heavy atom. The van der Waals surface area contributed by atoms with Crippen LogP contribution in [0.2, 0.25) is 0 Å². The summed E-state index contributed by atoms with van der Waals surface area (Å²) in [4.78, 5) is 18.6. The molecule has 3 rings (SSSR count). The van der Waals surface area contributed by atoms with Crippen molar-refractivity contribution in [3.05, 3.63) is 72.6 Å². The summed E-state index contributed by atoms with van der Waals surface area (Å²) in [5.41, 5.74) is 2.64. The van der Waals surface area contributed by atoms with Crippen LogP contribution >= 0.6 is 0 Å². The van der Waals surface area contributed by atoms with E-state index in [2.05, 4.69) is 22.0 Å². The summed E-state index contributed by atoms with van der Waals surface area (Å²) < 4.78 is 10.5. The molecule has 0 saturated carbocycles. The van der Waals surface area contributed by atoms with Gasteiger partial charge in [0.1, 0.15) is 12.3 Å². The molecule has 2 amide bonds. The Morgan fingerprint density at radius 1 is 1.29 bits per heavy atom. The molecule has 0 aliphatic rings. The predicted octanol–water partition coefficient (Wildman–Crippen LogP) is 4.27. The Morgan fingerprint density at radius 3 is 2.79 bits per heavy atom. The van der Waals surface area contributed by atoms with E-state index >= 15 is 0 Å². The van der Waals surface area contributed by atoms with Crippen LogP contribution in [0.25, 0.3) is 11.4 Å². The fourth-order valence-electron chi connectivity index (χ4n) is 2.58. The lowest BCUT2D eigenvalue weighted by Gasteiger charge is -2.19. The summed E-state index contributed by atoms with van der Waals surface area (Å²) in [5.74, 6) is 1.49. The van der Waals surface area contributed by atoms with Gasteiger partial charge in [0.25, 0.3) is 0 Å². The fraction of sp³-hybridized carbons (Fsp3) is 0.190. The van der Waals surface area contributed by atoms with Crippen LogP contribution in [0.5, 0.6) is 5.75 Å². The van der Waals surface area contributed by atoms with E-state index < -0.39 is 0 Å². The van der Waals surface area contributed by atoms with Crippen LogP contribution in [0.4, 0.5) is 10.5 Å². The van der Waals surface area contributed by atoms with Gasteiger partial charge in [-0.1, -0.05) is 47.1 Å². The molecule has 7 heteroatoms. The highest BCUT2D eigenvalue weighted by molar-refractivity contribution is 5.89. The third kappa shape index (κ3) is 4.76. The summed E-state index contributed by atoms with van der Waals surface area (Å²) in [6.07, 6.45) is 1.64. The van der Waals surface area contributed by atoms with Crippen molar-refractivity contribution in [1.82, 2.24) is 15.0 Å². The molecular formula is C21H22N4O3. The van der Waals surface area contributed by atoms with Crippen LogP contribution in [-0.2, 0) is 6.54 Å². The summed E-state index contributed by atoms with van der Waals surface area (Å²) >= 11 is 0. The van der Waals surface area contributed by atoms with Crippen molar-refractivity contribution in [2.45, 2.75) is 13.5 Å². The van der Waals surface area contributed by atoms with Crippen LogP contribution in [0.1, 0.15) is 11.5 Å². The molecule has 1 N–H and O–H groups in total. The first-order valence-corrected chi connectivity index (χ1v) is 8.79. The van der Waals surface area contributed by atoms with Gasteiger partial charge in [-0.25, -0.2) is 4.79 Å². The van der Waals surface area contributed by atoms with Gasteiger partial charge in [0, 0.05) is 23.9 Å². The second-order valence-corrected chi connectivity index (χ2v) is 6.21. The number of ether oxygens (including phenoxy) is 1. The molecule has 7 nitrogen and oxygen atoms in total. The van der Waals surface area contributed by atoms with Gasteiger partial charge in [0.15, 0.2) is 0 Å². The van der Waals surface area contributed by atoms with Crippen molar-refractivity contribution in [3.8, 4) is 17.1 Å². The van der Waals surface area contributed by atoms with Crippen molar-refractivity contribution in [2.75, 3.05) is 19.0 Å². The highest BCUT2D eigenvalue weighted by atomic mass is 16.5. The Balaban J connectivity index is 1.71. The van der Waals surface area contributed by atoms with E-state index in [-0.39, 0.29) is 12.6 Å². The Hall–Kier alpha value is -3.61. The molecule has 0 aliphatic heterocycles. The Kier molecular flexibility index (Phi) is 6.06. The largest absolute Gasteiger partial charge is 0.497 e. The molecule has 0 spiro atoms. The monoisotopic (exact) mass is 378 g/mol. The number of hydrogen-bond donors (Lipinski definition) is 1. The molecule has 0 fully saturated rings. The molecule has 3 aromatic rings. The number of nitrogens with zero attached hydrogens (tertiary/aromatic N) is 3. The normalized spacial score (nSPS) is 10.4. The van der Waals surface area contributed by atoms with E-state index in [0.29, 0.717) is 29.7 Å². The minimum absolute atomic E-state index is 0.167. The fourth-order valence-corrected chi connectivity index (χ4v) is 2.58. The molecule has 0 aliphatic carbocycles. The van der Waals surface area contributed by atoms with Crippen LogP contribution in [0.15, 0.2) is 65.7 Å². The van der Waals surface area contributed by atoms with Gasteiger partial charge in [-0.2, -0.15) is 4.98 Å². The minimum Gasteiger partial charge on any atom is -0.497 e. The zero-order valence-electron chi connectivity index (χ0n) is 15.9. The van der Waals surface area contributed by atoms with Gasteiger partial charge in [-0.15, -0.1) is 6.58 Å². The van der Waals surface area contributed by atoms with E-state index in [1.54, 1.807) is 31.4 Å². The summed E-state index contributed by atoms with van der Waals surface area (Å²) in [6.45, 7) is 6.22. The maximum absolute atomic E-state index is 12.7. The third-order valence-corrected chi connectivity index (χ3v) is 4.06. The Labute approximate surface area is 163 Å². The molecule has 0 unspecified atom stereocenters. The average Bonchev–Trinajstić information content (AvgIpc) is 3.17. The van der Waals surface area contributed by atoms with Gasteiger partial charge in [0.05, 0.1) is 7.11 Å². The number of benzene rings is 2. The smallest absolute Gasteiger partial charge is 0.322 e. The van der Waals surface area contributed by atoms with Gasteiger partial charge in [0.2, 0.25) is 11.7 Å². The maximum Gasteiger partial charge on any atom is 0.322 e. The third-order valence-electron chi connectivity index (χ3n) is 4.06. The molecule has 0 saturated heterocycles. The van der Waals surface area contributed by atoms with Crippen molar-refractivity contribution < 1.29 is 14.1 Å². The van der Waals surface area contributed by atoms with Crippen LogP contribution in [0, 0.1) is 6.92 Å². The molecule has 0 atom stereocenters. The lowest BCUT2D eigenvalue weighted by atomic mass is 10.1. The first-order chi connectivity index (χ1) is 13.6. The summed E-state index contributed by atoms with van der Waals surface area (Å²) in [7, 11) is 1.58. The molecule has 28 heavy (non-hydrogen) atoms. The van der Waals surface area contributed by atoms with Crippen molar-refractivity contribution in [2.24, 2.45) is 0 Å². The summed E-state index contributed by atoms with van der Waals surface area (Å²) in [6, 6.07) is 14.7. The SMILES string of the molecule is C=CCN(Cc1nc(-c2ccc(C)cc2)no1)C(=O)Nc1cccc(OC)c1. The molecule has 2 aromatic carbocycles. The number of aryl methyl sites for hydroxylation is 1. The highest BCUT2D eigenvalue weighted by Crippen LogP contribution is 2.19. The topological polar surface area (TPSA) is 80.5 Å². The van der Waals surface area contributed by atoms with E-state index in [0.717, 1.165) is 11.1 Å². The molecular weight excluding hydrogens is 356 g/mol. The Bertz CT molecular complexity index is 950. The second-order valence-electron chi connectivity index (χ2n) is 6.21. The van der Waals surface area contributed by atoms with Gasteiger partial charge < -0.3 is 19.5 Å². The number of nitrogens with one attached hydrogen (secondary N) is 1. The number of hydrogen-bond acceptors (Lipinski definition) is 5. The van der Waals surface area contributed by atoms with Gasteiger partial charge in [-0.05, 0) is 19.1 Å². The van der Waals surface area contributed by atoms with Gasteiger partial charge >= 0.3 is 6.03 Å². The van der Waals surface area contributed by atoms with Gasteiger partial charge in [-0.3, -0.25) is 0 Å². The number of urea groups is 1. The molecule has 144 valence electrons. The highest BCUT2D eigenvalue weighted by Gasteiger charge is 2.17. The van der Waals surface area contributed by atoms with Crippen molar-refractivity contribution in [3.63, 3.8) is 0 Å². The van der Waals surface area contributed by atoms with Crippen LogP contribution in [0.3, 0.4) is 0 Å². The van der Waals surface area contributed by atoms with Crippen molar-refractivity contribution in [1.29, 1.82) is 0 Å². The summed E-state index contributed by atoms with van der Waals surface area (Å²) in [5, 5.41) is 6.84. The number of rotatable bonds is 7. The predicted molar refractivity (Wildman–Crippen MR) is 107 cm³/mol. The lowest BCUT2D eigenvalue weighted by Crippen LogP contribution is -2.34. The lowest BCUT2D eigenvalue weighted by molar-refractivity contribution is 0.206. The molecule has 1 aromatic heterocycles. The first-order valence-electron chi connectivity index (χ1n) is 8.79. The van der Waals surface area contributed by atoms with E-state index in [4.69, 9.17) is 9.26 Å². The molecule has 0 bridgehead atoms. The van der Waals surface area contributed by atoms with Crippen molar-refractivity contribution >= 4 is 11.7 Å². The number of carbonyl (C=O) groups excluding carboxylic acids is 1. The zero-order valence-corrected chi connectivity index (χ0v) is 15.9. The van der Waals surface area contributed by atoms with Crippen LogP contribution < -0.4 is 10.1 Å². The van der Waals surface area contributed by atoms with Crippen LogP contribution in [-0.4, -0.2) is 34.7 Å². The average molecular weight is 378 g/mol. The minimum atomic E-state index is -0.303. The van der Waals surface area contributed by atoms with E-state index in [1.807, 2.05) is 37.3 Å². The zero-order chi connectivity index (χ0) is 19.9. The first kappa shape index (κ1) is 19.2. The number of amides is 2. The number of carbonyl (C=O) groups is 1. The molecule has 1 heterocycles. The van der Waals surface area contributed by atoms with E-state index in [9.17, 15) is 4.79 Å². The van der Waals surface area contributed by atoms with E-state index in [1.165, 1.54) is 4.90 Å². The molecule has 0 radical (unpaired) electrons. The standard InChI is InChI=1S/C21H22N4O3/c1-4-12-25(21(26)22-17-6-5-7-18(13-17)27-3)14-19-23-20(24-28-19)16-10-8-15(2)9-11-16/h4-11,13H,1,12,14H2,2-3H3,(H,22,26). The second kappa shape index (κ2) is 8.85. The number of anilines is 1. The number of aromatic nitrogens is 2. The number of methoxy groups -OCH3 is 1. The quantitative estimate of drug-likeness (QED) is 0.621.